The number of hydrogen-bond acceptors (Lipinski definition) is 5. The van der Waals surface area contributed by atoms with Crippen molar-refractivity contribution in [3.05, 3.63) is 89.6 Å². The van der Waals surface area contributed by atoms with E-state index in [0.29, 0.717) is 18.2 Å². The van der Waals surface area contributed by atoms with Gasteiger partial charge in [0.05, 0.1) is 35.9 Å². The van der Waals surface area contributed by atoms with E-state index in [1.165, 1.54) is 37.5 Å². The fraction of sp³-hybridized carbons (Fsp3) is 0.333. The Morgan fingerprint density at radius 1 is 0.939 bits per heavy atom. The van der Waals surface area contributed by atoms with Crippen LogP contribution < -0.4 is 0 Å². The number of para-hydroxylation sites is 1. The summed E-state index contributed by atoms with van der Waals surface area (Å²) in [7, 11) is 0. The van der Waals surface area contributed by atoms with Crippen LogP contribution in [-0.4, -0.2) is 30.7 Å². The monoisotopic (exact) mass is 436 g/mol. The zero-order valence-electron chi connectivity index (χ0n) is 18.8. The Labute approximate surface area is 194 Å². The predicted octanol–water partition coefficient (Wildman–Crippen LogP) is 5.08. The fourth-order valence-electron chi connectivity index (χ4n) is 4.76. The van der Waals surface area contributed by atoms with Crippen LogP contribution in [0.1, 0.15) is 54.7 Å². The molecule has 4 aromatic rings. The number of aromatic nitrogens is 4. The van der Waals surface area contributed by atoms with Gasteiger partial charge in [0, 0.05) is 18.0 Å². The van der Waals surface area contributed by atoms with Crippen molar-refractivity contribution in [1.82, 2.24) is 24.6 Å². The van der Waals surface area contributed by atoms with E-state index in [0.717, 1.165) is 35.7 Å². The number of rotatable bonds is 7. The summed E-state index contributed by atoms with van der Waals surface area (Å²) < 4.78 is 2.12. The van der Waals surface area contributed by atoms with Crippen LogP contribution in [0.5, 0.6) is 0 Å². The van der Waals surface area contributed by atoms with Gasteiger partial charge >= 0.3 is 0 Å². The highest BCUT2D eigenvalue weighted by atomic mass is 15.3. The van der Waals surface area contributed by atoms with Crippen LogP contribution in [0.15, 0.2) is 67.0 Å². The van der Waals surface area contributed by atoms with Gasteiger partial charge < -0.3 is 4.57 Å². The number of benzene rings is 2. The Balaban J connectivity index is 1.37. The van der Waals surface area contributed by atoms with Gasteiger partial charge in [0.25, 0.3) is 0 Å². The third kappa shape index (κ3) is 5.10. The third-order valence-electron chi connectivity index (χ3n) is 6.59. The highest BCUT2D eigenvalue weighted by Crippen LogP contribution is 2.26. The van der Waals surface area contributed by atoms with Gasteiger partial charge in [0.1, 0.15) is 12.2 Å². The minimum absolute atomic E-state index is 0.534. The summed E-state index contributed by atoms with van der Waals surface area (Å²) in [5.41, 5.74) is 3.95. The number of nitrogens with zero attached hydrogens (tertiary/aromatic N) is 6. The van der Waals surface area contributed by atoms with Gasteiger partial charge in [-0.1, -0.05) is 55.7 Å². The summed E-state index contributed by atoms with van der Waals surface area (Å²) in [5, 5.41) is 18.9. The zero-order chi connectivity index (χ0) is 22.5. The maximum Gasteiger partial charge on any atom is 0.147 e. The number of hydrogen-bond donors (Lipinski definition) is 0. The molecular weight excluding hydrogens is 408 g/mol. The van der Waals surface area contributed by atoms with Crippen LogP contribution in [0.3, 0.4) is 0 Å². The summed E-state index contributed by atoms with van der Waals surface area (Å²) in [6.07, 6.45) is 8.14. The summed E-state index contributed by atoms with van der Waals surface area (Å²) >= 11 is 0. The minimum Gasteiger partial charge on any atom is -0.312 e. The minimum atomic E-state index is 0.534. The molecule has 0 saturated heterocycles. The summed E-state index contributed by atoms with van der Waals surface area (Å²) in [6.45, 7) is 2.25. The zero-order valence-corrected chi connectivity index (χ0v) is 18.8. The first kappa shape index (κ1) is 21.3. The van der Waals surface area contributed by atoms with Crippen molar-refractivity contribution in [2.45, 2.75) is 57.8 Å². The van der Waals surface area contributed by atoms with Crippen LogP contribution in [-0.2, 0) is 19.6 Å². The summed E-state index contributed by atoms with van der Waals surface area (Å²) in [5.74, 6) is 0.964. The molecule has 0 N–H and O–H groups in total. The molecule has 1 aliphatic carbocycles. The second-order valence-electron chi connectivity index (χ2n) is 8.88. The lowest BCUT2D eigenvalue weighted by molar-refractivity contribution is 0.133. The highest BCUT2D eigenvalue weighted by Gasteiger charge is 2.23. The quantitative estimate of drug-likeness (QED) is 0.404. The lowest BCUT2D eigenvalue weighted by Gasteiger charge is -2.34. The molecule has 2 aromatic heterocycles. The molecule has 0 bridgehead atoms. The van der Waals surface area contributed by atoms with Crippen molar-refractivity contribution in [1.29, 1.82) is 5.26 Å². The smallest absolute Gasteiger partial charge is 0.147 e. The topological polar surface area (TPSA) is 70.6 Å². The van der Waals surface area contributed by atoms with E-state index >= 15 is 0 Å². The third-order valence-corrected chi connectivity index (χ3v) is 6.59. The number of pyridine rings is 1. The Hall–Kier alpha value is -3.56. The first-order valence-electron chi connectivity index (χ1n) is 11.7. The maximum absolute atomic E-state index is 9.05. The SMILES string of the molecule is N#Cc1ccc(Cn2cnnc2CN(Cc2ccc3ccccc3n2)C2CCCCC2)cc1. The molecule has 166 valence electrons. The molecule has 5 rings (SSSR count). The van der Waals surface area contributed by atoms with Gasteiger partial charge in [0.2, 0.25) is 0 Å². The molecular formula is C27H28N6. The molecule has 0 unspecified atom stereocenters. The molecule has 0 aliphatic heterocycles. The fourth-order valence-corrected chi connectivity index (χ4v) is 4.76. The Morgan fingerprint density at radius 2 is 1.76 bits per heavy atom. The van der Waals surface area contributed by atoms with E-state index in [9.17, 15) is 0 Å². The average Bonchev–Trinajstić information content (AvgIpc) is 3.31. The van der Waals surface area contributed by atoms with Crippen molar-refractivity contribution in [3.63, 3.8) is 0 Å². The van der Waals surface area contributed by atoms with Gasteiger partial charge in [-0.2, -0.15) is 5.26 Å². The Bertz CT molecular complexity index is 1250. The van der Waals surface area contributed by atoms with E-state index in [-0.39, 0.29) is 0 Å². The average molecular weight is 437 g/mol. The molecule has 1 saturated carbocycles. The molecule has 6 nitrogen and oxygen atoms in total. The normalized spacial score (nSPS) is 14.5. The molecule has 2 heterocycles. The van der Waals surface area contributed by atoms with E-state index in [1.807, 2.05) is 30.3 Å². The van der Waals surface area contributed by atoms with Crippen molar-refractivity contribution < 1.29 is 0 Å². The largest absolute Gasteiger partial charge is 0.312 e. The van der Waals surface area contributed by atoms with Gasteiger partial charge in [-0.3, -0.25) is 9.88 Å². The van der Waals surface area contributed by atoms with Gasteiger partial charge in [-0.15, -0.1) is 10.2 Å². The molecule has 2 aromatic carbocycles. The molecule has 1 aliphatic rings. The van der Waals surface area contributed by atoms with E-state index < -0.39 is 0 Å². The molecule has 0 atom stereocenters. The van der Waals surface area contributed by atoms with Gasteiger partial charge in [-0.05, 0) is 42.7 Å². The molecule has 1 fully saturated rings. The number of fused-ring (bicyclic) bond motifs is 1. The Morgan fingerprint density at radius 3 is 2.58 bits per heavy atom. The van der Waals surface area contributed by atoms with Crippen LogP contribution >= 0.6 is 0 Å². The van der Waals surface area contributed by atoms with Crippen LogP contribution in [0.4, 0.5) is 0 Å². The highest BCUT2D eigenvalue weighted by molar-refractivity contribution is 5.78. The second kappa shape index (κ2) is 9.93. The van der Waals surface area contributed by atoms with Gasteiger partial charge in [-0.25, -0.2) is 0 Å². The molecule has 33 heavy (non-hydrogen) atoms. The maximum atomic E-state index is 9.05. The standard InChI is InChI=1S/C27H28N6/c28-16-21-10-12-22(13-11-21)17-33-20-29-31-27(33)19-32(25-7-2-1-3-8-25)18-24-15-14-23-6-4-5-9-26(23)30-24/h4-6,9-15,20,25H,1-3,7-8,17-19H2. The van der Waals surface area contributed by atoms with Crippen LogP contribution in [0.25, 0.3) is 10.9 Å². The molecule has 0 amide bonds. The van der Waals surface area contributed by atoms with Crippen molar-refractivity contribution in [3.8, 4) is 6.07 Å². The van der Waals surface area contributed by atoms with E-state index in [2.05, 4.69) is 56.1 Å². The first-order valence-corrected chi connectivity index (χ1v) is 11.7. The van der Waals surface area contributed by atoms with E-state index in [4.69, 9.17) is 10.2 Å². The van der Waals surface area contributed by atoms with Crippen LogP contribution in [0, 0.1) is 11.3 Å². The van der Waals surface area contributed by atoms with E-state index in [1.54, 1.807) is 6.33 Å². The Kier molecular flexibility index (Phi) is 6.41. The molecule has 0 radical (unpaired) electrons. The predicted molar refractivity (Wildman–Crippen MR) is 128 cm³/mol. The number of nitriles is 1. The molecule has 0 spiro atoms. The van der Waals surface area contributed by atoms with Gasteiger partial charge in [0.15, 0.2) is 0 Å². The van der Waals surface area contributed by atoms with Crippen LogP contribution in [0.2, 0.25) is 0 Å². The van der Waals surface area contributed by atoms with Crippen molar-refractivity contribution >= 4 is 10.9 Å². The second-order valence-corrected chi connectivity index (χ2v) is 8.88. The van der Waals surface area contributed by atoms with Crippen molar-refractivity contribution in [2.75, 3.05) is 0 Å². The first-order chi connectivity index (χ1) is 16.3. The lowest BCUT2D eigenvalue weighted by Crippen LogP contribution is -2.37. The summed E-state index contributed by atoms with van der Waals surface area (Å²) in [6, 6.07) is 23.0. The summed E-state index contributed by atoms with van der Waals surface area (Å²) in [4.78, 5) is 7.47. The molecule has 6 heteroatoms. The lowest BCUT2D eigenvalue weighted by atomic mass is 9.94. The van der Waals surface area contributed by atoms with Crippen molar-refractivity contribution in [2.24, 2.45) is 0 Å².